The number of imide groups is 2. The molecule has 0 aliphatic carbocycles. The van der Waals surface area contributed by atoms with Crippen molar-refractivity contribution in [3.8, 4) is 0 Å². The maximum atomic E-state index is 12.3. The van der Waals surface area contributed by atoms with Crippen LogP contribution < -0.4 is 0 Å². The van der Waals surface area contributed by atoms with Crippen molar-refractivity contribution in [1.29, 1.82) is 0 Å². The zero-order valence-corrected chi connectivity index (χ0v) is 14.2. The number of likely N-dealkylation sites (N-methyl/N-ethyl adjacent to an activating group) is 1. The average molecular weight is 352 g/mol. The van der Waals surface area contributed by atoms with Gasteiger partial charge < -0.3 is 4.90 Å². The molecule has 8 heteroatoms. The number of urea groups is 1. The van der Waals surface area contributed by atoms with Crippen LogP contribution in [0.5, 0.6) is 0 Å². The zero-order chi connectivity index (χ0) is 17.9. The number of amides is 5. The van der Waals surface area contributed by atoms with Crippen LogP contribution in [0.25, 0.3) is 0 Å². The molecule has 2 rings (SSSR count). The van der Waals surface area contributed by atoms with E-state index >= 15 is 0 Å². The summed E-state index contributed by atoms with van der Waals surface area (Å²) >= 11 is 5.81. The SMILES string of the molecule is CCCN1C(=O)C(=O)N(CC(=O)N(C)Cc2ccc(Cl)cc2)C1=O. The van der Waals surface area contributed by atoms with E-state index in [-0.39, 0.29) is 6.54 Å². The van der Waals surface area contributed by atoms with Gasteiger partial charge in [-0.05, 0) is 24.1 Å². The first-order valence-electron chi connectivity index (χ1n) is 7.50. The third-order valence-electron chi connectivity index (χ3n) is 3.63. The molecule has 0 bridgehead atoms. The summed E-state index contributed by atoms with van der Waals surface area (Å²) < 4.78 is 0. The summed E-state index contributed by atoms with van der Waals surface area (Å²) in [7, 11) is 1.56. The largest absolute Gasteiger partial charge is 0.340 e. The Morgan fingerprint density at radius 2 is 1.67 bits per heavy atom. The Morgan fingerprint density at radius 1 is 1.08 bits per heavy atom. The van der Waals surface area contributed by atoms with Gasteiger partial charge in [0.2, 0.25) is 5.91 Å². The first kappa shape index (κ1) is 17.9. The lowest BCUT2D eigenvalue weighted by Crippen LogP contribution is -2.42. The lowest BCUT2D eigenvalue weighted by molar-refractivity contribution is -0.144. The molecule has 0 radical (unpaired) electrons. The molecule has 24 heavy (non-hydrogen) atoms. The summed E-state index contributed by atoms with van der Waals surface area (Å²) in [6.45, 7) is 1.81. The second-order valence-corrected chi connectivity index (χ2v) is 5.94. The number of hydrogen-bond acceptors (Lipinski definition) is 4. The summed E-state index contributed by atoms with van der Waals surface area (Å²) in [5.74, 6) is -2.27. The minimum Gasteiger partial charge on any atom is -0.340 e. The molecule has 1 fully saturated rings. The molecule has 1 aromatic rings. The molecular weight excluding hydrogens is 334 g/mol. The molecule has 0 atom stereocenters. The predicted molar refractivity (Wildman–Crippen MR) is 87.0 cm³/mol. The van der Waals surface area contributed by atoms with E-state index < -0.39 is 30.3 Å². The van der Waals surface area contributed by atoms with Crippen molar-refractivity contribution in [2.24, 2.45) is 0 Å². The summed E-state index contributed by atoms with van der Waals surface area (Å²) in [5, 5.41) is 0.593. The number of nitrogens with zero attached hydrogens (tertiary/aromatic N) is 3. The molecule has 0 aromatic heterocycles. The van der Waals surface area contributed by atoms with Crippen LogP contribution in [0, 0.1) is 0 Å². The van der Waals surface area contributed by atoms with E-state index in [9.17, 15) is 19.2 Å². The Hall–Kier alpha value is -2.41. The van der Waals surface area contributed by atoms with E-state index in [0.29, 0.717) is 22.9 Å². The van der Waals surface area contributed by atoms with Gasteiger partial charge in [0, 0.05) is 25.2 Å². The Kier molecular flexibility index (Phi) is 5.56. The van der Waals surface area contributed by atoms with Gasteiger partial charge in [-0.25, -0.2) is 9.69 Å². The molecule has 0 unspecified atom stereocenters. The van der Waals surface area contributed by atoms with Crippen LogP contribution >= 0.6 is 11.6 Å². The average Bonchev–Trinajstić information content (AvgIpc) is 2.75. The van der Waals surface area contributed by atoms with Gasteiger partial charge >= 0.3 is 17.8 Å². The smallest absolute Gasteiger partial charge is 0.334 e. The van der Waals surface area contributed by atoms with Crippen molar-refractivity contribution in [2.75, 3.05) is 20.1 Å². The molecule has 5 amide bonds. The van der Waals surface area contributed by atoms with E-state index in [4.69, 9.17) is 11.6 Å². The number of hydrogen-bond donors (Lipinski definition) is 0. The lowest BCUT2D eigenvalue weighted by atomic mass is 10.2. The summed E-state index contributed by atoms with van der Waals surface area (Å²) in [6.07, 6.45) is 0.545. The van der Waals surface area contributed by atoms with Gasteiger partial charge in [0.15, 0.2) is 0 Å². The highest BCUT2D eigenvalue weighted by Crippen LogP contribution is 2.14. The first-order chi connectivity index (χ1) is 11.3. The van der Waals surface area contributed by atoms with Gasteiger partial charge in [-0.2, -0.15) is 0 Å². The van der Waals surface area contributed by atoms with Gasteiger partial charge in [0.05, 0.1) is 0 Å². The molecule has 1 aliphatic rings. The van der Waals surface area contributed by atoms with Crippen molar-refractivity contribution in [2.45, 2.75) is 19.9 Å². The highest BCUT2D eigenvalue weighted by Gasteiger charge is 2.44. The van der Waals surface area contributed by atoms with Crippen LogP contribution in [-0.2, 0) is 20.9 Å². The topological polar surface area (TPSA) is 78.0 Å². The summed E-state index contributed by atoms with van der Waals surface area (Å²) in [5.41, 5.74) is 0.859. The van der Waals surface area contributed by atoms with Crippen LogP contribution in [0.2, 0.25) is 5.02 Å². The molecule has 1 aliphatic heterocycles. The molecule has 1 saturated heterocycles. The van der Waals surface area contributed by atoms with Crippen molar-refractivity contribution in [3.05, 3.63) is 34.9 Å². The quantitative estimate of drug-likeness (QED) is 0.574. The fourth-order valence-corrected chi connectivity index (χ4v) is 2.44. The van der Waals surface area contributed by atoms with Gasteiger partial charge in [0.1, 0.15) is 6.54 Å². The third-order valence-corrected chi connectivity index (χ3v) is 3.89. The molecule has 128 valence electrons. The number of halogens is 1. The Morgan fingerprint density at radius 3 is 2.25 bits per heavy atom. The van der Waals surface area contributed by atoms with Crippen LogP contribution in [0.3, 0.4) is 0 Å². The summed E-state index contributed by atoms with van der Waals surface area (Å²) in [6, 6.07) is 6.25. The Balaban J connectivity index is 2.00. The van der Waals surface area contributed by atoms with Gasteiger partial charge in [-0.15, -0.1) is 0 Å². The van der Waals surface area contributed by atoms with E-state index in [2.05, 4.69) is 0 Å². The van der Waals surface area contributed by atoms with E-state index in [0.717, 1.165) is 10.5 Å². The maximum absolute atomic E-state index is 12.3. The molecule has 0 spiro atoms. The highest BCUT2D eigenvalue weighted by atomic mass is 35.5. The fourth-order valence-electron chi connectivity index (χ4n) is 2.32. The molecule has 1 heterocycles. The maximum Gasteiger partial charge on any atom is 0.334 e. The molecule has 0 N–H and O–H groups in total. The molecule has 0 saturated carbocycles. The van der Waals surface area contributed by atoms with E-state index in [1.165, 1.54) is 4.90 Å². The minimum absolute atomic E-state index is 0.161. The normalized spacial score (nSPS) is 14.5. The second-order valence-electron chi connectivity index (χ2n) is 5.51. The predicted octanol–water partition coefficient (Wildman–Crippen LogP) is 1.50. The Bertz CT molecular complexity index is 674. The van der Waals surface area contributed by atoms with Crippen molar-refractivity contribution in [1.82, 2.24) is 14.7 Å². The standard InChI is InChI=1S/C16H18ClN3O4/c1-3-8-19-14(22)15(23)20(16(19)24)10-13(21)18(2)9-11-4-6-12(17)7-5-11/h4-7H,3,8-10H2,1-2H3. The fraction of sp³-hybridized carbons (Fsp3) is 0.375. The zero-order valence-electron chi connectivity index (χ0n) is 13.5. The first-order valence-corrected chi connectivity index (χ1v) is 7.88. The van der Waals surface area contributed by atoms with Crippen LogP contribution in [-0.4, -0.2) is 58.6 Å². The van der Waals surface area contributed by atoms with Gasteiger partial charge in [0.25, 0.3) is 0 Å². The molecule has 1 aromatic carbocycles. The van der Waals surface area contributed by atoms with Gasteiger partial charge in [-0.1, -0.05) is 30.7 Å². The van der Waals surface area contributed by atoms with E-state index in [1.807, 2.05) is 0 Å². The number of carbonyl (C=O) groups excluding carboxylic acids is 4. The second kappa shape index (κ2) is 7.44. The minimum atomic E-state index is -0.957. The van der Waals surface area contributed by atoms with Crippen molar-refractivity contribution >= 4 is 35.4 Å². The molecular formula is C16H18ClN3O4. The van der Waals surface area contributed by atoms with Crippen LogP contribution in [0.15, 0.2) is 24.3 Å². The number of rotatable bonds is 6. The van der Waals surface area contributed by atoms with Crippen LogP contribution in [0.4, 0.5) is 4.79 Å². The highest BCUT2D eigenvalue weighted by molar-refractivity contribution is 6.45. The number of benzene rings is 1. The monoisotopic (exact) mass is 351 g/mol. The third kappa shape index (κ3) is 3.73. The Labute approximate surface area is 144 Å². The van der Waals surface area contributed by atoms with Gasteiger partial charge in [-0.3, -0.25) is 19.3 Å². The van der Waals surface area contributed by atoms with Crippen molar-refractivity contribution < 1.29 is 19.2 Å². The van der Waals surface area contributed by atoms with Crippen LogP contribution in [0.1, 0.15) is 18.9 Å². The lowest BCUT2D eigenvalue weighted by Gasteiger charge is -2.20. The van der Waals surface area contributed by atoms with E-state index in [1.54, 1.807) is 38.2 Å². The molecule has 7 nitrogen and oxygen atoms in total. The summed E-state index contributed by atoms with van der Waals surface area (Å²) in [4.78, 5) is 51.0. The van der Waals surface area contributed by atoms with Crippen molar-refractivity contribution in [3.63, 3.8) is 0 Å². The number of carbonyl (C=O) groups is 4.